The van der Waals surface area contributed by atoms with Crippen molar-refractivity contribution in [2.45, 2.75) is 24.6 Å². The molecule has 2 rings (SSSR count). The monoisotopic (exact) mass is 285 g/mol. The third-order valence-corrected chi connectivity index (χ3v) is 2.92. The maximum Gasteiger partial charge on any atom is 0.335 e. The predicted octanol–water partition coefficient (Wildman–Crippen LogP) is -0.833. The maximum absolute atomic E-state index is 10.7. The molecular weight excluding hydrogens is 270 g/mol. The Hall–Kier alpha value is -1.71. The quantitative estimate of drug-likeness (QED) is 0.443. The topological polar surface area (TPSA) is 128 Å². The van der Waals surface area contributed by atoms with Gasteiger partial charge in [0.1, 0.15) is 18.3 Å². The third kappa shape index (κ3) is 3.06. The van der Waals surface area contributed by atoms with E-state index in [0.717, 1.165) is 0 Å². The van der Waals surface area contributed by atoms with E-state index in [9.17, 15) is 15.0 Å². The third-order valence-electron chi connectivity index (χ3n) is 2.92. The van der Waals surface area contributed by atoms with E-state index in [4.69, 9.17) is 19.8 Å². The maximum atomic E-state index is 10.7. The highest BCUT2D eigenvalue weighted by molar-refractivity contribution is 5.87. The van der Waals surface area contributed by atoms with Crippen molar-refractivity contribution in [3.63, 3.8) is 0 Å². The van der Waals surface area contributed by atoms with Crippen molar-refractivity contribution in [1.82, 2.24) is 0 Å². The van der Waals surface area contributed by atoms with Gasteiger partial charge in [-0.1, -0.05) is 0 Å². The molecule has 0 bridgehead atoms. The lowest BCUT2D eigenvalue weighted by Crippen LogP contribution is -2.35. The second kappa shape index (κ2) is 6.16. The van der Waals surface area contributed by atoms with Gasteiger partial charge in [-0.25, -0.2) is 9.63 Å². The smallest absolute Gasteiger partial charge is 0.335 e. The van der Waals surface area contributed by atoms with E-state index in [1.165, 1.54) is 24.3 Å². The minimum atomic E-state index is -1.29. The van der Waals surface area contributed by atoms with Crippen molar-refractivity contribution in [2.75, 3.05) is 12.1 Å². The van der Waals surface area contributed by atoms with Crippen LogP contribution in [0.15, 0.2) is 24.3 Å². The summed E-state index contributed by atoms with van der Waals surface area (Å²) in [5.41, 5.74) is 3.06. The molecule has 1 unspecified atom stereocenters. The average Bonchev–Trinajstić information content (AvgIpc) is 2.73. The standard InChI is InChI=1S/C12H15NO7/c14-5-8-9(15)10(16)12(19-8)20-13-7-3-1-6(2-4-7)11(17)18/h1-4,8-10,12-16H,5H2,(H,17,18)/t8-,9+,10-,12?/m1/s1. The lowest BCUT2D eigenvalue weighted by molar-refractivity contribution is -0.153. The van der Waals surface area contributed by atoms with Crippen LogP contribution in [0, 0.1) is 0 Å². The number of aliphatic hydroxyl groups is 3. The summed E-state index contributed by atoms with van der Waals surface area (Å²) in [6, 6.07) is 5.71. The molecule has 0 spiro atoms. The number of nitrogens with one attached hydrogen (secondary N) is 1. The zero-order valence-corrected chi connectivity index (χ0v) is 10.3. The second-order valence-electron chi connectivity index (χ2n) is 4.31. The van der Waals surface area contributed by atoms with Crippen LogP contribution < -0.4 is 5.48 Å². The molecule has 1 aliphatic rings. The highest BCUT2D eigenvalue weighted by atomic mass is 16.8. The first-order valence-corrected chi connectivity index (χ1v) is 5.90. The number of hydrogen-bond acceptors (Lipinski definition) is 7. The van der Waals surface area contributed by atoms with Crippen molar-refractivity contribution < 1.29 is 34.8 Å². The Morgan fingerprint density at radius 1 is 1.25 bits per heavy atom. The summed E-state index contributed by atoms with van der Waals surface area (Å²) in [5.74, 6) is -1.04. The molecule has 0 amide bonds. The molecule has 0 aromatic heterocycles. The zero-order chi connectivity index (χ0) is 14.7. The average molecular weight is 285 g/mol. The van der Waals surface area contributed by atoms with Crippen LogP contribution in [-0.4, -0.2) is 57.6 Å². The molecule has 1 aromatic rings. The van der Waals surface area contributed by atoms with Gasteiger partial charge in [-0.2, -0.15) is 0 Å². The van der Waals surface area contributed by atoms with Crippen LogP contribution in [0.25, 0.3) is 0 Å². The minimum absolute atomic E-state index is 0.128. The molecule has 0 aliphatic carbocycles. The van der Waals surface area contributed by atoms with Gasteiger partial charge < -0.3 is 25.2 Å². The van der Waals surface area contributed by atoms with Crippen molar-refractivity contribution in [3.05, 3.63) is 29.8 Å². The predicted molar refractivity (Wildman–Crippen MR) is 65.9 cm³/mol. The van der Waals surface area contributed by atoms with Crippen LogP contribution in [0.4, 0.5) is 5.69 Å². The van der Waals surface area contributed by atoms with Gasteiger partial charge in [0.25, 0.3) is 0 Å². The summed E-state index contributed by atoms with van der Waals surface area (Å²) in [6.07, 6.45) is -4.58. The molecule has 1 aliphatic heterocycles. The SMILES string of the molecule is O=C(O)c1ccc(NOC2O[C@H](CO)[C@H](O)[C@H]2O)cc1. The number of hydrogen-bond donors (Lipinski definition) is 5. The van der Waals surface area contributed by atoms with Gasteiger partial charge in [0.2, 0.25) is 6.29 Å². The number of aromatic carboxylic acids is 1. The van der Waals surface area contributed by atoms with Crippen LogP contribution >= 0.6 is 0 Å². The zero-order valence-electron chi connectivity index (χ0n) is 10.3. The summed E-state index contributed by atoms with van der Waals surface area (Å²) < 4.78 is 5.09. The molecule has 1 heterocycles. The van der Waals surface area contributed by atoms with Gasteiger partial charge in [-0.3, -0.25) is 5.48 Å². The van der Waals surface area contributed by atoms with E-state index < -0.39 is 37.2 Å². The van der Waals surface area contributed by atoms with Crippen LogP contribution in [-0.2, 0) is 9.57 Å². The Morgan fingerprint density at radius 2 is 1.90 bits per heavy atom. The van der Waals surface area contributed by atoms with Gasteiger partial charge in [-0.15, -0.1) is 0 Å². The minimum Gasteiger partial charge on any atom is -0.478 e. The van der Waals surface area contributed by atoms with Crippen molar-refractivity contribution in [1.29, 1.82) is 0 Å². The van der Waals surface area contributed by atoms with E-state index in [-0.39, 0.29) is 5.56 Å². The Labute approximate surface area is 114 Å². The Balaban J connectivity index is 1.91. The lowest BCUT2D eigenvalue weighted by atomic mass is 10.1. The van der Waals surface area contributed by atoms with Crippen LogP contribution in [0.2, 0.25) is 0 Å². The molecule has 110 valence electrons. The van der Waals surface area contributed by atoms with Crippen molar-refractivity contribution in [2.24, 2.45) is 0 Å². The number of carbonyl (C=O) groups is 1. The molecule has 20 heavy (non-hydrogen) atoms. The van der Waals surface area contributed by atoms with Crippen molar-refractivity contribution >= 4 is 11.7 Å². The number of benzene rings is 1. The molecule has 1 fully saturated rings. The van der Waals surface area contributed by atoms with Crippen LogP contribution in [0.1, 0.15) is 10.4 Å². The fraction of sp³-hybridized carbons (Fsp3) is 0.417. The van der Waals surface area contributed by atoms with Crippen LogP contribution in [0.3, 0.4) is 0 Å². The van der Waals surface area contributed by atoms with E-state index in [1.54, 1.807) is 0 Å². The number of aliphatic hydroxyl groups excluding tert-OH is 3. The second-order valence-corrected chi connectivity index (χ2v) is 4.31. The van der Waals surface area contributed by atoms with Gasteiger partial charge in [0.05, 0.1) is 17.9 Å². The molecule has 4 atom stereocenters. The molecule has 0 saturated carbocycles. The molecule has 1 saturated heterocycles. The summed E-state index contributed by atoms with van der Waals surface area (Å²) in [7, 11) is 0. The van der Waals surface area contributed by atoms with E-state index in [2.05, 4.69) is 5.48 Å². The van der Waals surface area contributed by atoms with Crippen LogP contribution in [0.5, 0.6) is 0 Å². The molecule has 1 aromatic carbocycles. The van der Waals surface area contributed by atoms with Gasteiger partial charge >= 0.3 is 5.97 Å². The summed E-state index contributed by atoms with van der Waals surface area (Å²) in [5, 5.41) is 36.8. The molecular formula is C12H15NO7. The highest BCUT2D eigenvalue weighted by Gasteiger charge is 2.43. The Kier molecular flexibility index (Phi) is 4.53. The summed E-state index contributed by atoms with van der Waals surface area (Å²) >= 11 is 0. The first-order chi connectivity index (χ1) is 9.52. The fourth-order valence-electron chi connectivity index (χ4n) is 1.77. The van der Waals surface area contributed by atoms with Gasteiger partial charge in [0.15, 0.2) is 0 Å². The fourth-order valence-corrected chi connectivity index (χ4v) is 1.77. The highest BCUT2D eigenvalue weighted by Crippen LogP contribution is 2.22. The molecule has 0 radical (unpaired) electrons. The number of carboxylic acid groups (broad SMARTS) is 1. The number of carboxylic acids is 1. The number of ether oxygens (including phenoxy) is 1. The largest absolute Gasteiger partial charge is 0.478 e. The number of anilines is 1. The first-order valence-electron chi connectivity index (χ1n) is 5.90. The van der Waals surface area contributed by atoms with E-state index in [0.29, 0.717) is 5.69 Å². The van der Waals surface area contributed by atoms with E-state index >= 15 is 0 Å². The summed E-state index contributed by atoms with van der Waals surface area (Å²) in [6.45, 7) is -0.439. The lowest BCUT2D eigenvalue weighted by Gasteiger charge is -2.16. The Morgan fingerprint density at radius 3 is 2.40 bits per heavy atom. The molecule has 8 heteroatoms. The normalized spacial score (nSPS) is 29.4. The van der Waals surface area contributed by atoms with Gasteiger partial charge in [-0.05, 0) is 24.3 Å². The van der Waals surface area contributed by atoms with Crippen molar-refractivity contribution in [3.8, 4) is 0 Å². The van der Waals surface area contributed by atoms with Gasteiger partial charge in [0, 0.05) is 0 Å². The summed E-state index contributed by atoms with van der Waals surface area (Å²) in [4.78, 5) is 15.7. The molecule has 5 N–H and O–H groups in total. The van der Waals surface area contributed by atoms with E-state index in [1.807, 2.05) is 0 Å². The first kappa shape index (κ1) is 14.7. The number of rotatable bonds is 5. The Bertz CT molecular complexity index is 463. The molecule has 8 nitrogen and oxygen atoms in total.